The Kier molecular flexibility index (Phi) is 6.34. The van der Waals surface area contributed by atoms with Crippen molar-refractivity contribution in [1.82, 2.24) is 24.1 Å². The van der Waals surface area contributed by atoms with Crippen molar-refractivity contribution >= 4 is 17.2 Å². The van der Waals surface area contributed by atoms with E-state index in [0.717, 1.165) is 29.9 Å². The fourth-order valence-electron chi connectivity index (χ4n) is 6.65. The number of fused-ring (bicyclic) bond motifs is 1. The molecule has 1 amide bonds. The molecule has 2 aliphatic carbocycles. The third-order valence-electron chi connectivity index (χ3n) is 9.01. The molecule has 39 heavy (non-hydrogen) atoms. The maximum absolute atomic E-state index is 12.2. The predicted octanol–water partition coefficient (Wildman–Crippen LogP) is 4.37. The molecular weight excluding hydrogens is 488 g/mol. The van der Waals surface area contributed by atoms with E-state index in [0.29, 0.717) is 42.1 Å². The van der Waals surface area contributed by atoms with Gasteiger partial charge in [0.15, 0.2) is 0 Å². The minimum absolute atomic E-state index is 0.261. The van der Waals surface area contributed by atoms with Crippen LogP contribution in [0.5, 0.6) is 0 Å². The maximum atomic E-state index is 12.2. The van der Waals surface area contributed by atoms with E-state index in [1.807, 2.05) is 34.5 Å². The average molecular weight is 523 g/mol. The summed E-state index contributed by atoms with van der Waals surface area (Å²) in [6.07, 6.45) is 13.4. The molecule has 0 bridgehead atoms. The molecule has 0 saturated heterocycles. The topological polar surface area (TPSA) is 118 Å². The van der Waals surface area contributed by atoms with Gasteiger partial charge in [-0.15, -0.1) is 10.2 Å². The first-order valence-electron chi connectivity index (χ1n) is 13.7. The molecule has 1 aromatic carbocycles. The first kappa shape index (κ1) is 25.1. The summed E-state index contributed by atoms with van der Waals surface area (Å²) in [6.45, 7) is 2.95. The lowest BCUT2D eigenvalue weighted by Crippen LogP contribution is -2.44. The van der Waals surface area contributed by atoms with E-state index in [-0.39, 0.29) is 5.41 Å². The second-order valence-electron chi connectivity index (χ2n) is 11.4. The smallest absolute Gasteiger partial charge is 0.252 e. The summed E-state index contributed by atoms with van der Waals surface area (Å²) in [6, 6.07) is 13.4. The summed E-state index contributed by atoms with van der Waals surface area (Å²) in [7, 11) is 1.99. The van der Waals surface area contributed by atoms with Crippen molar-refractivity contribution in [3.8, 4) is 6.07 Å². The Bertz CT molecular complexity index is 1550. The number of primary amides is 1. The molecular formula is C30H34N8O. The molecule has 0 aliphatic heterocycles. The van der Waals surface area contributed by atoms with E-state index in [9.17, 15) is 10.1 Å². The third-order valence-corrected chi connectivity index (χ3v) is 9.01. The number of rotatable bonds is 9. The van der Waals surface area contributed by atoms with Gasteiger partial charge in [-0.25, -0.2) is 4.98 Å². The molecule has 0 spiro atoms. The Hall–Kier alpha value is -4.19. The summed E-state index contributed by atoms with van der Waals surface area (Å²) in [5.41, 5.74) is 9.84. The van der Waals surface area contributed by atoms with Crippen LogP contribution in [0.15, 0.2) is 55.2 Å². The fraction of sp³-hybridized carbons (Fsp3) is 0.433. The predicted molar refractivity (Wildman–Crippen MR) is 148 cm³/mol. The van der Waals surface area contributed by atoms with Gasteiger partial charge in [-0.3, -0.25) is 4.79 Å². The van der Waals surface area contributed by atoms with E-state index >= 15 is 0 Å². The summed E-state index contributed by atoms with van der Waals surface area (Å²) >= 11 is 0. The van der Waals surface area contributed by atoms with E-state index in [2.05, 4.69) is 57.3 Å². The van der Waals surface area contributed by atoms with Crippen LogP contribution >= 0.6 is 0 Å². The first-order chi connectivity index (χ1) is 18.9. The number of carbonyl (C=O) groups is 1. The Morgan fingerprint density at radius 3 is 2.79 bits per heavy atom. The minimum Gasteiger partial charge on any atom is -0.365 e. The van der Waals surface area contributed by atoms with Gasteiger partial charge in [0.25, 0.3) is 5.91 Å². The zero-order valence-electron chi connectivity index (χ0n) is 22.5. The van der Waals surface area contributed by atoms with Crippen molar-refractivity contribution in [1.29, 1.82) is 5.26 Å². The van der Waals surface area contributed by atoms with Crippen molar-refractivity contribution in [3.63, 3.8) is 0 Å². The van der Waals surface area contributed by atoms with E-state index < -0.39 is 5.91 Å². The summed E-state index contributed by atoms with van der Waals surface area (Å²) in [5, 5.41) is 18.0. The summed E-state index contributed by atoms with van der Waals surface area (Å²) < 4.78 is 3.89. The zero-order chi connectivity index (χ0) is 27.1. The number of hydrogen-bond acceptors (Lipinski definition) is 6. The molecule has 0 radical (unpaired) electrons. The van der Waals surface area contributed by atoms with Gasteiger partial charge >= 0.3 is 0 Å². The number of amides is 1. The Balaban J connectivity index is 1.40. The van der Waals surface area contributed by atoms with Gasteiger partial charge in [0.1, 0.15) is 17.8 Å². The van der Waals surface area contributed by atoms with E-state index in [1.54, 1.807) is 12.5 Å². The van der Waals surface area contributed by atoms with Crippen molar-refractivity contribution in [2.24, 2.45) is 24.6 Å². The highest BCUT2D eigenvalue weighted by Gasteiger charge is 2.49. The van der Waals surface area contributed by atoms with Crippen LogP contribution in [-0.2, 0) is 19.0 Å². The van der Waals surface area contributed by atoms with Crippen LogP contribution in [-0.4, -0.2) is 36.1 Å². The molecule has 9 nitrogen and oxygen atoms in total. The van der Waals surface area contributed by atoms with Gasteiger partial charge in [0.2, 0.25) is 0 Å². The largest absolute Gasteiger partial charge is 0.365 e. The van der Waals surface area contributed by atoms with Crippen molar-refractivity contribution in [3.05, 3.63) is 77.8 Å². The molecule has 0 unspecified atom stereocenters. The second kappa shape index (κ2) is 9.84. The molecule has 2 N–H and O–H groups in total. The number of pyridine rings is 1. The van der Waals surface area contributed by atoms with Gasteiger partial charge in [0.05, 0.1) is 17.0 Å². The monoisotopic (exact) mass is 522 g/mol. The number of benzene rings is 1. The van der Waals surface area contributed by atoms with Crippen LogP contribution in [0.25, 0.3) is 5.65 Å². The standard InChI is InChI=1S/C30H34N8O/c1-20(23-5-3-6-23)38(18-22-13-26(27(32)39)28-33-11-12-37(28)17-22)25-8-4-7-24(14-25)30(15-21(16-30)9-10-31)29-35-34-19-36(29)2/h4,7-8,11-14,17,19-21,23H,3,5-6,9,15-16,18H2,1-2H3,(H2,32,39)/t20-,21?,30?/m0/s1. The zero-order valence-corrected chi connectivity index (χ0v) is 22.5. The Morgan fingerprint density at radius 1 is 1.31 bits per heavy atom. The number of anilines is 1. The molecule has 9 heteroatoms. The highest BCUT2D eigenvalue weighted by Crippen LogP contribution is 2.53. The lowest BCUT2D eigenvalue weighted by atomic mass is 9.57. The fourth-order valence-corrected chi connectivity index (χ4v) is 6.65. The molecule has 2 aliphatic rings. The molecule has 4 aromatic rings. The number of aromatic nitrogens is 5. The molecule has 2 saturated carbocycles. The second-order valence-corrected chi connectivity index (χ2v) is 11.4. The van der Waals surface area contributed by atoms with Crippen LogP contribution in [0, 0.1) is 23.2 Å². The molecule has 6 rings (SSSR count). The Morgan fingerprint density at radius 2 is 2.13 bits per heavy atom. The number of nitriles is 1. The number of imidazole rings is 1. The molecule has 3 heterocycles. The van der Waals surface area contributed by atoms with Crippen molar-refractivity contribution in [2.45, 2.75) is 63.5 Å². The van der Waals surface area contributed by atoms with Crippen LogP contribution in [0.1, 0.15) is 72.8 Å². The van der Waals surface area contributed by atoms with Crippen LogP contribution in [0.3, 0.4) is 0 Å². The number of nitrogens with zero attached hydrogens (tertiary/aromatic N) is 7. The average Bonchev–Trinajstić information content (AvgIpc) is 3.52. The number of nitrogens with two attached hydrogens (primary N) is 1. The molecule has 2 fully saturated rings. The molecule has 1 atom stereocenters. The first-order valence-corrected chi connectivity index (χ1v) is 13.7. The number of carbonyl (C=O) groups excluding carboxylic acids is 1. The number of hydrogen-bond donors (Lipinski definition) is 1. The quantitative estimate of drug-likeness (QED) is 0.349. The van der Waals surface area contributed by atoms with E-state index in [4.69, 9.17) is 5.73 Å². The van der Waals surface area contributed by atoms with E-state index in [1.165, 1.54) is 24.8 Å². The third kappa shape index (κ3) is 4.34. The molecule has 200 valence electrons. The summed E-state index contributed by atoms with van der Waals surface area (Å²) in [4.78, 5) is 19.0. The van der Waals surface area contributed by atoms with Crippen molar-refractivity contribution < 1.29 is 4.79 Å². The highest BCUT2D eigenvalue weighted by atomic mass is 16.1. The van der Waals surface area contributed by atoms with Gasteiger partial charge in [-0.05, 0) is 73.8 Å². The van der Waals surface area contributed by atoms with Crippen LogP contribution in [0.4, 0.5) is 5.69 Å². The van der Waals surface area contributed by atoms with Crippen LogP contribution in [0.2, 0.25) is 0 Å². The van der Waals surface area contributed by atoms with Gasteiger partial charge in [-0.1, -0.05) is 18.6 Å². The lowest BCUT2D eigenvalue weighted by molar-refractivity contribution is 0.100. The maximum Gasteiger partial charge on any atom is 0.252 e. The minimum atomic E-state index is -0.476. The number of aryl methyl sites for hydroxylation is 1. The van der Waals surface area contributed by atoms with Gasteiger partial charge in [0, 0.05) is 50.3 Å². The lowest BCUT2D eigenvalue weighted by Gasteiger charge is -2.47. The highest BCUT2D eigenvalue weighted by molar-refractivity contribution is 5.98. The van der Waals surface area contributed by atoms with Crippen LogP contribution < -0.4 is 10.6 Å². The summed E-state index contributed by atoms with van der Waals surface area (Å²) in [5.74, 6) is 1.45. The van der Waals surface area contributed by atoms with Crippen molar-refractivity contribution in [2.75, 3.05) is 4.90 Å². The SMILES string of the molecule is C[C@@H](C1CCC1)N(Cc1cc(C(N)=O)c2nccn2c1)c1cccc(C2(c3nncn3C)CC(CC#N)C2)c1. The van der Waals surface area contributed by atoms with Gasteiger partial charge in [-0.2, -0.15) is 5.26 Å². The Labute approximate surface area is 228 Å². The molecule has 3 aromatic heterocycles. The van der Waals surface area contributed by atoms with Gasteiger partial charge < -0.3 is 19.6 Å². The normalized spacial score (nSPS) is 21.6.